The van der Waals surface area contributed by atoms with Crippen LogP contribution in [0.5, 0.6) is 5.75 Å². The number of benzene rings is 1. The average Bonchev–Trinajstić information content (AvgIpc) is 2.89. The van der Waals surface area contributed by atoms with Crippen LogP contribution in [0.4, 0.5) is 10.8 Å². The summed E-state index contributed by atoms with van der Waals surface area (Å²) in [6.45, 7) is 1.85. The van der Waals surface area contributed by atoms with Crippen LogP contribution in [-0.2, 0) is 6.42 Å². The molecule has 0 fully saturated rings. The first-order valence-electron chi connectivity index (χ1n) is 6.46. The van der Waals surface area contributed by atoms with Crippen molar-refractivity contribution in [2.45, 2.75) is 13.3 Å². The number of thiazole rings is 1. The third-order valence-corrected chi connectivity index (χ3v) is 3.74. The van der Waals surface area contributed by atoms with Crippen LogP contribution in [-0.4, -0.2) is 22.0 Å². The molecule has 120 valence electrons. The summed E-state index contributed by atoms with van der Waals surface area (Å²) in [5.74, 6) is -1.16. The molecule has 3 N–H and O–H groups in total. The normalized spacial score (nSPS) is 10.8. The van der Waals surface area contributed by atoms with Crippen LogP contribution in [0.2, 0.25) is 0 Å². The minimum atomic E-state index is -0.772. The van der Waals surface area contributed by atoms with Gasteiger partial charge in [-0.2, -0.15) is 5.10 Å². The number of rotatable bonds is 5. The number of aryl methyl sites for hydroxylation is 1. The van der Waals surface area contributed by atoms with Crippen molar-refractivity contribution < 1.29 is 14.8 Å². The third kappa shape index (κ3) is 3.80. The van der Waals surface area contributed by atoms with Gasteiger partial charge < -0.3 is 10.8 Å². The van der Waals surface area contributed by atoms with Crippen molar-refractivity contribution in [1.82, 2.24) is 10.4 Å². The fourth-order valence-corrected chi connectivity index (χ4v) is 2.57. The van der Waals surface area contributed by atoms with Gasteiger partial charge in [-0.15, -0.1) is 0 Å². The van der Waals surface area contributed by atoms with Crippen molar-refractivity contribution in [3.05, 3.63) is 44.4 Å². The number of aromatic nitrogens is 1. The molecule has 0 atom stereocenters. The van der Waals surface area contributed by atoms with E-state index in [4.69, 9.17) is 5.73 Å². The fourth-order valence-electron chi connectivity index (χ4n) is 1.76. The molecule has 2 aromatic rings. The molecule has 0 spiro atoms. The highest BCUT2D eigenvalue weighted by molar-refractivity contribution is 7.17. The second-order valence-corrected chi connectivity index (χ2v) is 5.40. The number of anilines is 1. The number of nitrogens with one attached hydrogen (secondary N) is 1. The molecule has 1 aromatic heterocycles. The minimum absolute atomic E-state index is 0.289. The average molecular weight is 334 g/mol. The van der Waals surface area contributed by atoms with Gasteiger partial charge in [0.25, 0.3) is 11.6 Å². The summed E-state index contributed by atoms with van der Waals surface area (Å²) in [7, 11) is 0. The first-order chi connectivity index (χ1) is 10.9. The maximum atomic E-state index is 12.0. The second-order valence-electron chi connectivity index (χ2n) is 4.36. The highest BCUT2D eigenvalue weighted by atomic mass is 32.1. The van der Waals surface area contributed by atoms with Gasteiger partial charge in [-0.3, -0.25) is 14.9 Å². The lowest BCUT2D eigenvalue weighted by Gasteiger charge is -2.05. The first-order valence-corrected chi connectivity index (χ1v) is 7.28. The second kappa shape index (κ2) is 6.83. The van der Waals surface area contributed by atoms with Gasteiger partial charge in [-0.1, -0.05) is 30.4 Å². The van der Waals surface area contributed by atoms with E-state index in [1.807, 2.05) is 6.92 Å². The Labute approximate surface area is 134 Å². The smallest absolute Gasteiger partial charge is 0.283 e. The summed E-state index contributed by atoms with van der Waals surface area (Å²) in [5.41, 5.74) is 8.20. The van der Waals surface area contributed by atoms with Crippen LogP contribution in [0, 0.1) is 10.1 Å². The van der Waals surface area contributed by atoms with E-state index < -0.39 is 22.3 Å². The van der Waals surface area contributed by atoms with Crippen molar-refractivity contribution in [2.75, 3.05) is 5.73 Å². The van der Waals surface area contributed by atoms with E-state index in [-0.39, 0.29) is 5.13 Å². The van der Waals surface area contributed by atoms with Crippen LogP contribution in [0.25, 0.3) is 0 Å². The van der Waals surface area contributed by atoms with Crippen LogP contribution in [0.1, 0.15) is 27.9 Å². The van der Waals surface area contributed by atoms with E-state index >= 15 is 0 Å². The lowest BCUT2D eigenvalue weighted by atomic mass is 10.2. The molecule has 0 aliphatic rings. The lowest BCUT2D eigenvalue weighted by molar-refractivity contribution is -0.398. The number of nitro benzene ring substituents is 1. The van der Waals surface area contributed by atoms with Gasteiger partial charge in [0.2, 0.25) is 0 Å². The molecule has 0 saturated carbocycles. The number of amides is 1. The summed E-state index contributed by atoms with van der Waals surface area (Å²) in [5, 5.41) is 26.0. The van der Waals surface area contributed by atoms with Crippen LogP contribution in [0.3, 0.4) is 0 Å². The largest absolute Gasteiger partial charge is 0.868 e. The third-order valence-electron chi connectivity index (χ3n) is 2.81. The molecule has 0 saturated heterocycles. The monoisotopic (exact) mass is 334 g/mol. The standard InChI is InChI=1S/C13H13N5O4S/c1-2-8-11(23-13(14)16-8)12(20)17-15-6-7-3-4-10(19)9(5-7)18(21)22/h3-6,19H,2H2,1H3,(H2,14,16)(H,17,20)/p-1/b15-6-. The summed E-state index contributed by atoms with van der Waals surface area (Å²) < 4.78 is 0. The molecule has 1 heterocycles. The molecular formula is C13H12N5O4S-. The Balaban J connectivity index is 2.11. The highest BCUT2D eigenvalue weighted by Crippen LogP contribution is 2.23. The predicted molar refractivity (Wildman–Crippen MR) is 83.5 cm³/mol. The molecular weight excluding hydrogens is 322 g/mol. The van der Waals surface area contributed by atoms with Gasteiger partial charge in [0.05, 0.1) is 16.8 Å². The SMILES string of the molecule is CCc1nc(N)sc1C(=O)N/N=C\c1ccc([O-])c([N+](=O)[O-])c1. The number of hydrazone groups is 1. The van der Waals surface area contributed by atoms with Crippen molar-refractivity contribution >= 4 is 34.3 Å². The fraction of sp³-hybridized carbons (Fsp3) is 0.154. The molecule has 0 aliphatic carbocycles. The van der Waals surface area contributed by atoms with E-state index in [0.717, 1.165) is 23.5 Å². The molecule has 0 unspecified atom stereocenters. The van der Waals surface area contributed by atoms with E-state index in [0.29, 0.717) is 22.6 Å². The molecule has 9 nitrogen and oxygen atoms in total. The molecule has 0 radical (unpaired) electrons. The van der Waals surface area contributed by atoms with Crippen molar-refractivity contribution in [1.29, 1.82) is 0 Å². The Morgan fingerprint density at radius 3 is 2.96 bits per heavy atom. The quantitative estimate of drug-likeness (QED) is 0.474. The maximum Gasteiger partial charge on any atom is 0.283 e. The molecule has 1 amide bonds. The number of hydrogen-bond donors (Lipinski definition) is 2. The Kier molecular flexibility index (Phi) is 4.86. The number of nitrogens with zero attached hydrogens (tertiary/aromatic N) is 3. The van der Waals surface area contributed by atoms with E-state index in [2.05, 4.69) is 15.5 Å². The Hall–Kier alpha value is -3.01. The summed E-state index contributed by atoms with van der Waals surface area (Å²) in [4.78, 5) is 26.3. The zero-order valence-corrected chi connectivity index (χ0v) is 12.8. The molecule has 1 aromatic carbocycles. The van der Waals surface area contributed by atoms with Gasteiger partial charge in [-0.05, 0) is 12.2 Å². The van der Waals surface area contributed by atoms with Crippen molar-refractivity contribution in [2.24, 2.45) is 5.10 Å². The van der Waals surface area contributed by atoms with Crippen molar-refractivity contribution in [3.8, 4) is 5.75 Å². The number of carbonyl (C=O) groups excluding carboxylic acids is 1. The molecule has 23 heavy (non-hydrogen) atoms. The number of carbonyl (C=O) groups is 1. The molecule has 0 aliphatic heterocycles. The number of nitro groups is 1. The van der Waals surface area contributed by atoms with Crippen LogP contribution >= 0.6 is 11.3 Å². The van der Waals surface area contributed by atoms with E-state index in [1.54, 1.807) is 0 Å². The Morgan fingerprint density at radius 1 is 1.57 bits per heavy atom. The molecule has 10 heteroatoms. The van der Waals surface area contributed by atoms with Gasteiger partial charge in [0.1, 0.15) is 4.88 Å². The van der Waals surface area contributed by atoms with Gasteiger partial charge >= 0.3 is 0 Å². The molecule has 2 rings (SSSR count). The topological polar surface area (TPSA) is 147 Å². The first kappa shape index (κ1) is 16.4. The Morgan fingerprint density at radius 2 is 2.30 bits per heavy atom. The number of nitrogen functional groups attached to an aromatic ring is 1. The summed E-state index contributed by atoms with van der Waals surface area (Å²) >= 11 is 1.05. The minimum Gasteiger partial charge on any atom is -0.868 e. The number of nitrogens with two attached hydrogens (primary N) is 1. The summed E-state index contributed by atoms with van der Waals surface area (Å²) in [6.07, 6.45) is 1.76. The van der Waals surface area contributed by atoms with Crippen LogP contribution < -0.4 is 16.3 Å². The Bertz CT molecular complexity index is 787. The van der Waals surface area contributed by atoms with Gasteiger partial charge in [0.15, 0.2) is 5.13 Å². The summed E-state index contributed by atoms with van der Waals surface area (Å²) in [6, 6.07) is 3.52. The predicted octanol–water partition coefficient (Wildman–Crippen LogP) is 1.03. The van der Waals surface area contributed by atoms with Gasteiger partial charge in [-0.25, -0.2) is 10.4 Å². The highest BCUT2D eigenvalue weighted by Gasteiger charge is 2.15. The maximum absolute atomic E-state index is 12.0. The number of hydrogen-bond acceptors (Lipinski definition) is 8. The zero-order chi connectivity index (χ0) is 17.0. The van der Waals surface area contributed by atoms with E-state index in [9.17, 15) is 20.0 Å². The van der Waals surface area contributed by atoms with E-state index in [1.165, 1.54) is 12.3 Å². The zero-order valence-electron chi connectivity index (χ0n) is 12.0. The molecule has 0 bridgehead atoms. The van der Waals surface area contributed by atoms with Crippen molar-refractivity contribution in [3.63, 3.8) is 0 Å². The van der Waals surface area contributed by atoms with Crippen LogP contribution in [0.15, 0.2) is 23.3 Å². The van der Waals surface area contributed by atoms with Gasteiger partial charge in [0, 0.05) is 11.6 Å². The lowest BCUT2D eigenvalue weighted by Crippen LogP contribution is -2.17.